The van der Waals surface area contributed by atoms with E-state index in [0.29, 0.717) is 0 Å². The molecule has 1 aliphatic rings. The maximum absolute atomic E-state index is 11.4. The number of likely N-dealkylation sites (tertiary alicyclic amines) is 1. The highest BCUT2D eigenvalue weighted by Crippen LogP contribution is 2.36. The zero-order valence-corrected chi connectivity index (χ0v) is 11.3. The Morgan fingerprint density at radius 1 is 1.47 bits per heavy atom. The summed E-state index contributed by atoms with van der Waals surface area (Å²) in [5.74, 6) is -0.259. The first-order valence-electron chi connectivity index (χ1n) is 6.26. The van der Waals surface area contributed by atoms with Gasteiger partial charge in [0, 0.05) is 12.2 Å². The highest BCUT2D eigenvalue weighted by Gasteiger charge is 2.33. The Bertz CT molecular complexity index is 344. The van der Waals surface area contributed by atoms with Gasteiger partial charge in [-0.3, -0.25) is 4.79 Å². The summed E-state index contributed by atoms with van der Waals surface area (Å²) in [7, 11) is 0. The predicted molar refractivity (Wildman–Crippen MR) is 71.3 cm³/mol. The summed E-state index contributed by atoms with van der Waals surface area (Å²) >= 11 is 0. The fourth-order valence-electron chi connectivity index (χ4n) is 2.16. The summed E-state index contributed by atoms with van der Waals surface area (Å²) in [6.45, 7) is 15.5. The Balaban J connectivity index is 2.83. The highest BCUT2D eigenvalue weighted by molar-refractivity contribution is 5.80. The number of amides is 1. The van der Waals surface area contributed by atoms with Crippen LogP contribution in [0.5, 0.6) is 0 Å². The van der Waals surface area contributed by atoms with E-state index < -0.39 is 0 Å². The van der Waals surface area contributed by atoms with Gasteiger partial charge in [-0.1, -0.05) is 33.9 Å². The van der Waals surface area contributed by atoms with Crippen molar-refractivity contribution in [3.05, 3.63) is 24.4 Å². The lowest BCUT2D eigenvalue weighted by molar-refractivity contribution is -0.121. The fraction of sp³-hybridized carbons (Fsp3) is 0.643. The number of rotatable bonds is 5. The minimum atomic E-state index is -0.259. The Morgan fingerprint density at radius 2 is 2.06 bits per heavy atom. The van der Waals surface area contributed by atoms with E-state index in [1.54, 1.807) is 0 Å². The number of allylic oxidation sites excluding steroid dienone is 1. The molecule has 3 nitrogen and oxygen atoms in total. The summed E-state index contributed by atoms with van der Waals surface area (Å²) in [6.07, 6.45) is 2.82. The van der Waals surface area contributed by atoms with Crippen molar-refractivity contribution in [2.24, 2.45) is 11.1 Å². The number of carbonyl (C=O) groups excluding carboxylic acids is 1. The number of primary amides is 1. The van der Waals surface area contributed by atoms with Crippen LogP contribution in [0.2, 0.25) is 0 Å². The molecule has 0 aromatic heterocycles. The minimum Gasteiger partial charge on any atom is -0.368 e. The fourth-order valence-corrected chi connectivity index (χ4v) is 2.16. The standard InChI is InChI=1S/C14H24N2O/c1-6-14(4,5)10(2)11(3)16-9-7-8-12(16)13(15)17/h12H,2-3,6-9H2,1,4-5H3,(H2,15,17). The lowest BCUT2D eigenvalue weighted by Crippen LogP contribution is -2.40. The number of hydrogen-bond donors (Lipinski definition) is 1. The molecule has 1 saturated heterocycles. The second-order valence-corrected chi connectivity index (χ2v) is 5.42. The molecule has 1 aliphatic heterocycles. The molecule has 3 heteroatoms. The second-order valence-electron chi connectivity index (χ2n) is 5.42. The van der Waals surface area contributed by atoms with E-state index in [9.17, 15) is 4.79 Å². The van der Waals surface area contributed by atoms with Gasteiger partial charge in [-0.05, 0) is 30.3 Å². The van der Waals surface area contributed by atoms with Crippen LogP contribution in [-0.4, -0.2) is 23.4 Å². The first kappa shape index (κ1) is 13.8. The first-order chi connectivity index (χ1) is 7.81. The van der Waals surface area contributed by atoms with E-state index in [-0.39, 0.29) is 17.4 Å². The summed E-state index contributed by atoms with van der Waals surface area (Å²) in [4.78, 5) is 13.4. The zero-order chi connectivity index (χ0) is 13.2. The Labute approximate surface area is 104 Å². The van der Waals surface area contributed by atoms with Crippen LogP contribution in [0.4, 0.5) is 0 Å². The molecule has 1 fully saturated rings. The third-order valence-corrected chi connectivity index (χ3v) is 3.98. The van der Waals surface area contributed by atoms with Crippen molar-refractivity contribution in [2.45, 2.75) is 46.1 Å². The summed E-state index contributed by atoms with van der Waals surface area (Å²) < 4.78 is 0. The molecule has 1 amide bonds. The predicted octanol–water partition coefficient (Wildman–Crippen LogP) is 2.44. The van der Waals surface area contributed by atoms with Gasteiger partial charge >= 0.3 is 0 Å². The van der Waals surface area contributed by atoms with Crippen LogP contribution in [0, 0.1) is 5.41 Å². The number of nitrogens with two attached hydrogens (primary N) is 1. The Hall–Kier alpha value is -1.25. The molecule has 0 aliphatic carbocycles. The maximum atomic E-state index is 11.4. The SMILES string of the molecule is C=C(C(=C)C(C)(C)CC)N1CCCC1C(N)=O. The molecule has 0 aromatic rings. The monoisotopic (exact) mass is 236 g/mol. The van der Waals surface area contributed by atoms with E-state index in [2.05, 4.69) is 33.9 Å². The Kier molecular flexibility index (Phi) is 4.02. The van der Waals surface area contributed by atoms with E-state index in [0.717, 1.165) is 37.1 Å². The topological polar surface area (TPSA) is 46.3 Å². The number of nitrogens with zero attached hydrogens (tertiary/aromatic N) is 1. The molecule has 1 atom stereocenters. The van der Waals surface area contributed by atoms with Gasteiger partial charge in [0.15, 0.2) is 0 Å². The molecule has 17 heavy (non-hydrogen) atoms. The van der Waals surface area contributed by atoms with Crippen LogP contribution < -0.4 is 5.73 Å². The van der Waals surface area contributed by atoms with Gasteiger partial charge in [0.2, 0.25) is 5.91 Å². The minimum absolute atomic E-state index is 0.0157. The van der Waals surface area contributed by atoms with Crippen molar-refractivity contribution in [1.29, 1.82) is 0 Å². The largest absolute Gasteiger partial charge is 0.368 e. The molecule has 1 unspecified atom stereocenters. The molecule has 96 valence electrons. The molecule has 0 bridgehead atoms. The van der Waals surface area contributed by atoms with Crippen LogP contribution in [0.25, 0.3) is 0 Å². The van der Waals surface area contributed by atoms with Gasteiger partial charge in [0.25, 0.3) is 0 Å². The molecular weight excluding hydrogens is 212 g/mol. The number of hydrogen-bond acceptors (Lipinski definition) is 2. The van der Waals surface area contributed by atoms with Gasteiger partial charge in [-0.2, -0.15) is 0 Å². The molecule has 0 saturated carbocycles. The van der Waals surface area contributed by atoms with Gasteiger partial charge in [0.1, 0.15) is 6.04 Å². The van der Waals surface area contributed by atoms with Crippen molar-refractivity contribution in [3.8, 4) is 0 Å². The van der Waals surface area contributed by atoms with Crippen LogP contribution in [0.3, 0.4) is 0 Å². The summed E-state index contributed by atoms with van der Waals surface area (Å²) in [5, 5.41) is 0. The van der Waals surface area contributed by atoms with Crippen molar-refractivity contribution < 1.29 is 4.79 Å². The van der Waals surface area contributed by atoms with Crippen molar-refractivity contribution in [1.82, 2.24) is 4.90 Å². The number of carbonyl (C=O) groups is 1. The second kappa shape index (κ2) is 4.94. The molecule has 0 radical (unpaired) electrons. The molecule has 1 rings (SSSR count). The maximum Gasteiger partial charge on any atom is 0.240 e. The zero-order valence-electron chi connectivity index (χ0n) is 11.3. The van der Waals surface area contributed by atoms with Crippen LogP contribution in [0.15, 0.2) is 24.4 Å². The lowest BCUT2D eigenvalue weighted by atomic mass is 9.81. The first-order valence-corrected chi connectivity index (χ1v) is 6.26. The van der Waals surface area contributed by atoms with Crippen molar-refractivity contribution in [3.63, 3.8) is 0 Å². The van der Waals surface area contributed by atoms with Gasteiger partial charge in [0.05, 0.1) is 0 Å². The van der Waals surface area contributed by atoms with Crippen LogP contribution in [0.1, 0.15) is 40.0 Å². The van der Waals surface area contributed by atoms with Gasteiger partial charge in [-0.25, -0.2) is 0 Å². The van der Waals surface area contributed by atoms with Gasteiger partial charge in [-0.15, -0.1) is 0 Å². The average molecular weight is 236 g/mol. The molecule has 0 spiro atoms. The van der Waals surface area contributed by atoms with Crippen molar-refractivity contribution >= 4 is 5.91 Å². The van der Waals surface area contributed by atoms with Crippen LogP contribution in [-0.2, 0) is 4.79 Å². The smallest absolute Gasteiger partial charge is 0.240 e. The normalized spacial score (nSPS) is 20.4. The van der Waals surface area contributed by atoms with Crippen molar-refractivity contribution in [2.75, 3.05) is 6.54 Å². The van der Waals surface area contributed by atoms with E-state index in [1.165, 1.54) is 0 Å². The van der Waals surface area contributed by atoms with E-state index in [4.69, 9.17) is 5.73 Å². The molecule has 1 heterocycles. The van der Waals surface area contributed by atoms with E-state index in [1.807, 2.05) is 4.90 Å². The quantitative estimate of drug-likeness (QED) is 0.745. The molecule has 2 N–H and O–H groups in total. The third kappa shape index (κ3) is 2.71. The lowest BCUT2D eigenvalue weighted by Gasteiger charge is -2.34. The summed E-state index contributed by atoms with van der Waals surface area (Å²) in [5.41, 5.74) is 7.31. The summed E-state index contributed by atoms with van der Waals surface area (Å²) in [6, 6.07) is -0.202. The highest BCUT2D eigenvalue weighted by atomic mass is 16.1. The van der Waals surface area contributed by atoms with Crippen LogP contribution >= 0.6 is 0 Å². The Morgan fingerprint density at radius 3 is 2.53 bits per heavy atom. The third-order valence-electron chi connectivity index (χ3n) is 3.98. The average Bonchev–Trinajstić information content (AvgIpc) is 2.75. The molecular formula is C14H24N2O. The van der Waals surface area contributed by atoms with E-state index >= 15 is 0 Å². The van der Waals surface area contributed by atoms with Gasteiger partial charge < -0.3 is 10.6 Å². The molecule has 0 aromatic carbocycles.